The van der Waals surface area contributed by atoms with Gasteiger partial charge in [0, 0.05) is 6.42 Å². The molecule has 0 saturated heterocycles. The van der Waals surface area contributed by atoms with E-state index in [-0.39, 0.29) is 24.7 Å². The number of carbonyl (C=O) groups excluding carboxylic acids is 3. The first kappa shape index (κ1) is 28.5. The predicted molar refractivity (Wildman–Crippen MR) is 153 cm³/mol. The molecule has 4 rings (SSSR count). The number of hydrogen-bond donors (Lipinski definition) is 4. The van der Waals surface area contributed by atoms with Crippen LogP contribution in [0.5, 0.6) is 5.75 Å². The van der Waals surface area contributed by atoms with Gasteiger partial charge in [-0.2, -0.15) is 0 Å². The maximum absolute atomic E-state index is 13.0. The molecule has 0 aliphatic carbocycles. The van der Waals surface area contributed by atoms with E-state index in [9.17, 15) is 14.4 Å². The summed E-state index contributed by atoms with van der Waals surface area (Å²) in [4.78, 5) is 37.8. The Morgan fingerprint density at radius 2 is 1.52 bits per heavy atom. The highest BCUT2D eigenvalue weighted by molar-refractivity contribution is 7.73. The lowest BCUT2D eigenvalue weighted by molar-refractivity contribution is -0.125. The summed E-state index contributed by atoms with van der Waals surface area (Å²) in [6, 6.07) is 25.2. The lowest BCUT2D eigenvalue weighted by atomic mass is 10.1. The highest BCUT2D eigenvalue weighted by atomic mass is 32.1. The van der Waals surface area contributed by atoms with E-state index in [0.29, 0.717) is 16.3 Å². The number of H-pyrrole nitrogens is 1. The van der Waals surface area contributed by atoms with Crippen molar-refractivity contribution in [3.05, 3.63) is 106 Å². The molecule has 0 bridgehead atoms. The monoisotopic (exact) mass is 577 g/mol. The van der Waals surface area contributed by atoms with Gasteiger partial charge < -0.3 is 20.1 Å². The quantitative estimate of drug-likeness (QED) is 0.184. The molecule has 40 heavy (non-hydrogen) atoms. The lowest BCUT2D eigenvalue weighted by Crippen LogP contribution is -2.49. The van der Waals surface area contributed by atoms with E-state index in [1.54, 1.807) is 12.1 Å². The Bertz CT molecular complexity index is 1460. The smallest absolute Gasteiger partial charge is 0.408 e. The van der Waals surface area contributed by atoms with Gasteiger partial charge in [0.05, 0.1) is 6.54 Å². The van der Waals surface area contributed by atoms with E-state index < -0.39 is 23.9 Å². The summed E-state index contributed by atoms with van der Waals surface area (Å²) in [7, 11) is 0. The average Bonchev–Trinajstić information content (AvgIpc) is 3.39. The summed E-state index contributed by atoms with van der Waals surface area (Å²) in [5, 5.41) is 14.4. The Labute approximate surface area is 239 Å². The molecule has 4 aromatic rings. The number of benzene rings is 3. The number of alkyl carbamates (subject to hydrolysis) is 1. The fourth-order valence-corrected chi connectivity index (χ4v) is 4.36. The van der Waals surface area contributed by atoms with Gasteiger partial charge in [-0.15, -0.1) is 5.10 Å². The molecule has 1 aromatic heterocycles. The minimum Gasteiger partial charge on any atom is -0.489 e. The number of aromatic amines is 1. The number of hydrogen-bond acceptors (Lipinski definition) is 8. The Hall–Kier alpha value is -4.55. The van der Waals surface area contributed by atoms with E-state index in [4.69, 9.17) is 21.7 Å². The molecule has 206 valence electrons. The molecule has 3 amide bonds. The van der Waals surface area contributed by atoms with Gasteiger partial charge in [-0.25, -0.2) is 4.79 Å². The van der Waals surface area contributed by atoms with Crippen molar-refractivity contribution < 1.29 is 23.9 Å². The van der Waals surface area contributed by atoms with Gasteiger partial charge in [0.25, 0.3) is 0 Å². The Morgan fingerprint density at radius 1 is 0.875 bits per heavy atom. The molecule has 1 atom stereocenters. The van der Waals surface area contributed by atoms with E-state index in [0.717, 1.165) is 28.0 Å². The van der Waals surface area contributed by atoms with Crippen LogP contribution in [-0.2, 0) is 34.0 Å². The molecule has 0 aliphatic heterocycles. The first-order valence-corrected chi connectivity index (χ1v) is 13.5. The molecule has 0 radical (unpaired) electrons. The van der Waals surface area contributed by atoms with Crippen LogP contribution in [0.15, 0.2) is 84.9 Å². The topological polar surface area (TPSA) is 134 Å². The molecule has 4 N–H and O–H groups in total. The first-order chi connectivity index (χ1) is 19.4. The third-order valence-corrected chi connectivity index (χ3v) is 6.55. The van der Waals surface area contributed by atoms with E-state index in [1.807, 2.05) is 72.8 Å². The third kappa shape index (κ3) is 9.33. The molecule has 0 spiro atoms. The van der Waals surface area contributed by atoms with E-state index in [2.05, 4.69) is 26.1 Å². The van der Waals surface area contributed by atoms with Gasteiger partial charge in [0.15, 0.2) is 3.95 Å². The molecule has 0 saturated carbocycles. The first-order valence-electron chi connectivity index (χ1n) is 12.3. The highest BCUT2D eigenvalue weighted by Gasteiger charge is 2.23. The van der Waals surface area contributed by atoms with Crippen LogP contribution >= 0.6 is 23.6 Å². The van der Waals surface area contributed by atoms with Gasteiger partial charge >= 0.3 is 6.09 Å². The summed E-state index contributed by atoms with van der Waals surface area (Å²) in [5.41, 5.74) is 2.63. The van der Waals surface area contributed by atoms with Crippen LogP contribution in [0.25, 0.3) is 0 Å². The SMILES string of the molecule is O=C(CNC(=O)[C@H](Cc1ccc(OCc2ccccc2)cc1)NC(=O)OCc1ccccc1)Nc1n[nH]c(=S)s1. The Kier molecular flexibility index (Phi) is 10.4. The molecule has 3 aromatic carbocycles. The maximum atomic E-state index is 13.0. The molecule has 12 heteroatoms. The van der Waals surface area contributed by atoms with Crippen LogP contribution in [-0.4, -0.2) is 40.7 Å². The average molecular weight is 578 g/mol. The third-order valence-electron chi connectivity index (χ3n) is 5.54. The summed E-state index contributed by atoms with van der Waals surface area (Å²) >= 11 is 6.04. The van der Waals surface area contributed by atoms with Gasteiger partial charge in [-0.05, 0) is 41.0 Å². The summed E-state index contributed by atoms with van der Waals surface area (Å²) in [5.74, 6) is -0.371. The number of amides is 3. The standard InChI is InChI=1S/C28H27N5O5S2/c34-24(31-26-32-33-28(39)40-26)16-29-25(35)23(30-27(36)38-18-21-9-5-2-6-10-21)15-19-11-13-22(14-12-19)37-17-20-7-3-1-4-8-20/h1-14,23H,15-18H2,(H,29,35)(H,30,36)(H,33,39)(H,31,32,34)/t23-/m0/s1. The van der Waals surface area contributed by atoms with Crippen molar-refractivity contribution in [3.8, 4) is 5.75 Å². The van der Waals surface area contributed by atoms with Gasteiger partial charge in [-0.1, -0.05) is 84.1 Å². The van der Waals surface area contributed by atoms with Gasteiger partial charge in [0.1, 0.15) is 25.0 Å². The largest absolute Gasteiger partial charge is 0.489 e. The second kappa shape index (κ2) is 14.6. The number of nitrogens with zero attached hydrogens (tertiary/aromatic N) is 1. The van der Waals surface area contributed by atoms with Crippen molar-refractivity contribution in [1.29, 1.82) is 0 Å². The Morgan fingerprint density at radius 3 is 2.15 bits per heavy atom. The second-order valence-corrected chi connectivity index (χ2v) is 10.2. The molecule has 0 aliphatic rings. The van der Waals surface area contributed by atoms with Crippen LogP contribution in [0.4, 0.5) is 9.93 Å². The van der Waals surface area contributed by atoms with Crippen LogP contribution in [0, 0.1) is 3.95 Å². The van der Waals surface area contributed by atoms with Crippen molar-refractivity contribution in [1.82, 2.24) is 20.8 Å². The van der Waals surface area contributed by atoms with E-state index >= 15 is 0 Å². The minimum absolute atomic E-state index is 0.0482. The van der Waals surface area contributed by atoms with Gasteiger partial charge in [0.2, 0.25) is 16.9 Å². The number of rotatable bonds is 12. The number of ether oxygens (including phenoxy) is 2. The number of aromatic nitrogens is 2. The zero-order valence-corrected chi connectivity index (χ0v) is 22.9. The van der Waals surface area contributed by atoms with Crippen molar-refractivity contribution >= 4 is 46.6 Å². The molecule has 0 fully saturated rings. The number of carbonyl (C=O) groups is 3. The zero-order chi connectivity index (χ0) is 28.2. The summed E-state index contributed by atoms with van der Waals surface area (Å²) in [6.07, 6.45) is -0.597. The van der Waals surface area contributed by atoms with Gasteiger partial charge in [-0.3, -0.25) is 20.0 Å². The fraction of sp³-hybridized carbons (Fsp3) is 0.179. The molecular weight excluding hydrogens is 550 g/mol. The molecular formula is C28H27N5O5S2. The highest BCUT2D eigenvalue weighted by Crippen LogP contribution is 2.16. The summed E-state index contributed by atoms with van der Waals surface area (Å²) in [6.45, 7) is 0.149. The Balaban J connectivity index is 1.35. The summed E-state index contributed by atoms with van der Waals surface area (Å²) < 4.78 is 11.5. The van der Waals surface area contributed by atoms with Crippen molar-refractivity contribution in [2.45, 2.75) is 25.7 Å². The number of nitrogens with one attached hydrogen (secondary N) is 4. The fourth-order valence-electron chi connectivity index (χ4n) is 3.55. The van der Waals surface area contributed by atoms with E-state index in [1.165, 1.54) is 0 Å². The van der Waals surface area contributed by atoms with Crippen molar-refractivity contribution in [2.24, 2.45) is 0 Å². The normalized spacial score (nSPS) is 11.2. The van der Waals surface area contributed by atoms with Crippen LogP contribution < -0.4 is 20.7 Å². The molecule has 10 nitrogen and oxygen atoms in total. The van der Waals surface area contributed by atoms with Crippen LogP contribution in [0.3, 0.4) is 0 Å². The minimum atomic E-state index is -1.00. The van der Waals surface area contributed by atoms with Crippen molar-refractivity contribution in [3.63, 3.8) is 0 Å². The second-order valence-electron chi connectivity index (χ2n) is 8.57. The lowest BCUT2D eigenvalue weighted by Gasteiger charge is -2.19. The molecule has 1 heterocycles. The van der Waals surface area contributed by atoms with Crippen LogP contribution in [0.1, 0.15) is 16.7 Å². The maximum Gasteiger partial charge on any atom is 0.408 e. The number of anilines is 1. The molecule has 0 unspecified atom stereocenters. The van der Waals surface area contributed by atoms with Crippen LogP contribution in [0.2, 0.25) is 0 Å². The van der Waals surface area contributed by atoms with Crippen molar-refractivity contribution in [2.75, 3.05) is 11.9 Å². The zero-order valence-electron chi connectivity index (χ0n) is 21.3. The predicted octanol–water partition coefficient (Wildman–Crippen LogP) is 4.37.